The number of esters is 1. The van der Waals surface area contributed by atoms with Gasteiger partial charge < -0.3 is 15.4 Å². The second-order valence-electron chi connectivity index (χ2n) is 8.65. The first kappa shape index (κ1) is 25.8. The van der Waals surface area contributed by atoms with Gasteiger partial charge in [0.05, 0.1) is 0 Å². The standard InChI is InChI=1S/C25H32N2O3.Na.H/c1-18(28)30-23-11-7-10-21(15-23)25(2)12-13-27(3)17-22(25)14-20(16-26)24(29)19-8-5-4-6-9-19;;/h4-11,15,20,22H,12-14,16-17,26H2,1-3H3;;. The predicted octanol–water partition coefficient (Wildman–Crippen LogP) is 3.02. The SMILES string of the molecule is CC(=O)Oc1cccc(C2(C)CCN(C)CC2CC(CN)C(=O)c2ccccc2)c1.[NaH]. The predicted molar refractivity (Wildman–Crippen MR) is 126 cm³/mol. The van der Waals surface area contributed by atoms with E-state index in [0.29, 0.717) is 12.3 Å². The number of carbonyl (C=O) groups is 2. The summed E-state index contributed by atoms with van der Waals surface area (Å²) in [6, 6.07) is 17.2. The minimum atomic E-state index is -0.325. The maximum atomic E-state index is 13.1. The molecule has 1 heterocycles. The Labute approximate surface area is 207 Å². The zero-order chi connectivity index (χ0) is 21.7. The number of ketones is 1. The summed E-state index contributed by atoms with van der Waals surface area (Å²) in [6.07, 6.45) is 1.69. The average molecular weight is 433 g/mol. The molecule has 1 aliphatic rings. The number of carbonyl (C=O) groups excluding carboxylic acids is 2. The van der Waals surface area contributed by atoms with E-state index in [9.17, 15) is 9.59 Å². The van der Waals surface area contributed by atoms with Crippen LogP contribution in [0.3, 0.4) is 0 Å². The van der Waals surface area contributed by atoms with Gasteiger partial charge in [0, 0.05) is 31.5 Å². The molecule has 2 aromatic rings. The third-order valence-corrected chi connectivity index (χ3v) is 6.48. The van der Waals surface area contributed by atoms with Gasteiger partial charge in [-0.25, -0.2) is 0 Å². The van der Waals surface area contributed by atoms with Gasteiger partial charge in [0.25, 0.3) is 0 Å². The zero-order valence-electron chi connectivity index (χ0n) is 18.1. The molecular formula is C25H33N2NaO3. The molecule has 2 N–H and O–H groups in total. The summed E-state index contributed by atoms with van der Waals surface area (Å²) in [5.74, 6) is 0.385. The van der Waals surface area contributed by atoms with Gasteiger partial charge in [-0.15, -0.1) is 0 Å². The summed E-state index contributed by atoms with van der Waals surface area (Å²) in [4.78, 5) is 26.8. The molecule has 0 amide bonds. The van der Waals surface area contributed by atoms with E-state index in [1.165, 1.54) is 6.92 Å². The van der Waals surface area contributed by atoms with Crippen molar-refractivity contribution in [3.63, 3.8) is 0 Å². The van der Waals surface area contributed by atoms with E-state index in [1.807, 2.05) is 42.5 Å². The van der Waals surface area contributed by atoms with E-state index in [2.05, 4.69) is 24.9 Å². The minimum absolute atomic E-state index is 0. The first-order chi connectivity index (χ1) is 14.3. The van der Waals surface area contributed by atoms with Crippen molar-refractivity contribution < 1.29 is 14.3 Å². The van der Waals surface area contributed by atoms with Gasteiger partial charge in [-0.3, -0.25) is 9.59 Å². The Morgan fingerprint density at radius 1 is 1.19 bits per heavy atom. The molecule has 2 aromatic carbocycles. The van der Waals surface area contributed by atoms with Gasteiger partial charge in [0.15, 0.2) is 5.78 Å². The second-order valence-corrected chi connectivity index (χ2v) is 8.65. The van der Waals surface area contributed by atoms with Crippen LogP contribution in [0.4, 0.5) is 0 Å². The fraction of sp³-hybridized carbons (Fsp3) is 0.440. The molecule has 0 radical (unpaired) electrons. The Kier molecular flexibility index (Phi) is 9.46. The van der Waals surface area contributed by atoms with E-state index in [-0.39, 0.29) is 58.6 Å². The summed E-state index contributed by atoms with van der Waals surface area (Å²) in [5.41, 5.74) is 7.80. The van der Waals surface area contributed by atoms with Crippen LogP contribution < -0.4 is 10.5 Å². The first-order valence-electron chi connectivity index (χ1n) is 10.6. The number of nitrogens with two attached hydrogens (primary N) is 1. The van der Waals surface area contributed by atoms with Crippen LogP contribution in [-0.4, -0.2) is 72.9 Å². The Morgan fingerprint density at radius 2 is 1.90 bits per heavy atom. The van der Waals surface area contributed by atoms with Crippen molar-refractivity contribution in [3.8, 4) is 5.75 Å². The number of rotatable bonds is 7. The number of benzene rings is 2. The van der Waals surface area contributed by atoms with Crippen molar-refractivity contribution in [2.24, 2.45) is 17.6 Å². The van der Waals surface area contributed by atoms with Gasteiger partial charge in [-0.2, -0.15) is 0 Å². The molecular weight excluding hydrogens is 399 g/mol. The van der Waals surface area contributed by atoms with E-state index in [4.69, 9.17) is 10.5 Å². The fourth-order valence-corrected chi connectivity index (χ4v) is 4.58. The van der Waals surface area contributed by atoms with Crippen LogP contribution in [0.5, 0.6) is 5.75 Å². The van der Waals surface area contributed by atoms with Crippen LogP contribution in [-0.2, 0) is 10.2 Å². The van der Waals surface area contributed by atoms with Gasteiger partial charge >= 0.3 is 35.5 Å². The number of likely N-dealkylation sites (tertiary alicyclic amines) is 1. The van der Waals surface area contributed by atoms with Crippen molar-refractivity contribution in [1.29, 1.82) is 0 Å². The van der Waals surface area contributed by atoms with Crippen molar-refractivity contribution in [1.82, 2.24) is 4.90 Å². The van der Waals surface area contributed by atoms with Gasteiger partial charge in [0.1, 0.15) is 5.75 Å². The van der Waals surface area contributed by atoms with Crippen LogP contribution in [0, 0.1) is 11.8 Å². The number of hydrogen-bond donors (Lipinski definition) is 1. The van der Waals surface area contributed by atoms with E-state index < -0.39 is 0 Å². The third-order valence-electron chi connectivity index (χ3n) is 6.48. The molecule has 0 aromatic heterocycles. The molecule has 0 aliphatic carbocycles. The van der Waals surface area contributed by atoms with E-state index in [0.717, 1.165) is 37.1 Å². The van der Waals surface area contributed by atoms with Crippen LogP contribution >= 0.6 is 0 Å². The molecule has 1 saturated heterocycles. The Bertz CT molecular complexity index is 889. The third kappa shape index (κ3) is 6.27. The molecule has 3 unspecified atom stereocenters. The van der Waals surface area contributed by atoms with Crippen molar-refractivity contribution >= 4 is 41.3 Å². The number of ether oxygens (including phenoxy) is 1. The number of piperidine rings is 1. The molecule has 162 valence electrons. The first-order valence-corrected chi connectivity index (χ1v) is 10.6. The maximum absolute atomic E-state index is 13.1. The Balaban J connectivity index is 0.00000341. The van der Waals surface area contributed by atoms with Gasteiger partial charge in [0.2, 0.25) is 0 Å². The summed E-state index contributed by atoms with van der Waals surface area (Å²) in [7, 11) is 2.12. The number of Topliss-reactive ketones (excluding diaryl/α,β-unsaturated/α-hetero) is 1. The number of nitrogens with zero attached hydrogens (tertiary/aromatic N) is 1. The number of hydrogen-bond acceptors (Lipinski definition) is 5. The van der Waals surface area contributed by atoms with Crippen LogP contribution in [0.15, 0.2) is 54.6 Å². The second kappa shape index (κ2) is 11.4. The summed E-state index contributed by atoms with van der Waals surface area (Å²) in [5, 5.41) is 0. The monoisotopic (exact) mass is 432 g/mol. The van der Waals surface area contributed by atoms with Crippen LogP contribution in [0.2, 0.25) is 0 Å². The van der Waals surface area contributed by atoms with Gasteiger partial charge in [-0.1, -0.05) is 49.4 Å². The normalized spacial score (nSPS) is 22.3. The fourth-order valence-electron chi connectivity index (χ4n) is 4.58. The summed E-state index contributed by atoms with van der Waals surface area (Å²) < 4.78 is 5.32. The molecule has 31 heavy (non-hydrogen) atoms. The summed E-state index contributed by atoms with van der Waals surface area (Å²) >= 11 is 0. The summed E-state index contributed by atoms with van der Waals surface area (Å²) in [6.45, 7) is 5.88. The molecule has 3 atom stereocenters. The average Bonchev–Trinajstić information content (AvgIpc) is 2.74. The van der Waals surface area contributed by atoms with Crippen molar-refractivity contribution in [2.45, 2.75) is 32.1 Å². The van der Waals surface area contributed by atoms with E-state index in [1.54, 1.807) is 6.07 Å². The molecule has 0 bridgehead atoms. The Morgan fingerprint density at radius 3 is 2.55 bits per heavy atom. The molecule has 5 nitrogen and oxygen atoms in total. The topological polar surface area (TPSA) is 72.6 Å². The van der Waals surface area contributed by atoms with Crippen LogP contribution in [0.1, 0.15) is 42.6 Å². The molecule has 1 fully saturated rings. The van der Waals surface area contributed by atoms with Gasteiger partial charge in [-0.05, 0) is 55.5 Å². The molecule has 0 saturated carbocycles. The van der Waals surface area contributed by atoms with Crippen molar-refractivity contribution in [3.05, 3.63) is 65.7 Å². The zero-order valence-corrected chi connectivity index (χ0v) is 18.1. The quantitative estimate of drug-likeness (QED) is 0.315. The van der Waals surface area contributed by atoms with Crippen LogP contribution in [0.25, 0.3) is 0 Å². The molecule has 6 heteroatoms. The van der Waals surface area contributed by atoms with Crippen molar-refractivity contribution in [2.75, 3.05) is 26.7 Å². The molecule has 1 aliphatic heterocycles. The van der Waals surface area contributed by atoms with E-state index >= 15 is 0 Å². The molecule has 3 rings (SSSR count). The Hall–Kier alpha value is -1.50. The molecule has 0 spiro atoms.